The number of hydrogen-bond donors (Lipinski definition) is 1. The number of rotatable bonds is 4. The monoisotopic (exact) mass is 282 g/mol. The summed E-state index contributed by atoms with van der Waals surface area (Å²) in [5.74, 6) is -0.166. The molecule has 2 aromatic rings. The maximum Gasteiger partial charge on any atom is 0.309 e. The predicted molar refractivity (Wildman–Crippen MR) is 80.1 cm³/mol. The zero-order valence-corrected chi connectivity index (χ0v) is 11.8. The van der Waals surface area contributed by atoms with Crippen molar-refractivity contribution in [2.24, 2.45) is 5.92 Å². The Kier molecular flexibility index (Phi) is 4.15. The van der Waals surface area contributed by atoms with Crippen LogP contribution < -0.4 is 0 Å². The first-order valence-corrected chi connectivity index (χ1v) is 7.22. The summed E-state index contributed by atoms with van der Waals surface area (Å²) in [6.07, 6.45) is 6.38. The van der Waals surface area contributed by atoms with Crippen molar-refractivity contribution < 1.29 is 9.53 Å². The second-order valence-corrected chi connectivity index (χ2v) is 5.27. The maximum atomic E-state index is 12.2. The van der Waals surface area contributed by atoms with Crippen molar-refractivity contribution in [1.82, 2.24) is 10.2 Å². The van der Waals surface area contributed by atoms with Crippen molar-refractivity contribution >= 4 is 11.5 Å². The Balaban J connectivity index is 1.57. The average molecular weight is 282 g/mol. The van der Waals surface area contributed by atoms with Crippen LogP contribution in [0.15, 0.2) is 48.7 Å². The summed E-state index contributed by atoms with van der Waals surface area (Å²) in [5, 5.41) is 6.92. The van der Waals surface area contributed by atoms with Gasteiger partial charge in [-0.15, -0.1) is 0 Å². The largest absolute Gasteiger partial charge is 0.461 e. The molecule has 0 aliphatic heterocycles. The Morgan fingerprint density at radius 2 is 2.14 bits per heavy atom. The summed E-state index contributed by atoms with van der Waals surface area (Å²) >= 11 is 0. The molecule has 1 atom stereocenters. The first kappa shape index (κ1) is 13.6. The van der Waals surface area contributed by atoms with E-state index in [1.54, 1.807) is 6.20 Å². The molecule has 3 rings (SSSR count). The molecule has 0 bridgehead atoms. The molecule has 0 fully saturated rings. The average Bonchev–Trinajstić information content (AvgIpc) is 3.08. The predicted octanol–water partition coefficient (Wildman–Crippen LogP) is 3.34. The van der Waals surface area contributed by atoms with Crippen LogP contribution >= 0.6 is 0 Å². The number of esters is 1. The van der Waals surface area contributed by atoms with Gasteiger partial charge in [0.2, 0.25) is 0 Å². The Morgan fingerprint density at radius 3 is 2.90 bits per heavy atom. The standard InChI is InChI=1S/C17H18N2O2/c20-17(21-12-13-5-2-1-3-6-13)15-8-4-7-14(11-15)16-9-10-18-19-16/h1-3,5-7,9-10,15H,4,8,11-12H2,(H,18,19). The van der Waals surface area contributed by atoms with Crippen molar-refractivity contribution in [2.75, 3.05) is 0 Å². The van der Waals surface area contributed by atoms with E-state index in [0.717, 1.165) is 36.1 Å². The molecule has 1 heterocycles. The Labute approximate surface area is 123 Å². The van der Waals surface area contributed by atoms with E-state index in [-0.39, 0.29) is 11.9 Å². The molecule has 1 aliphatic rings. The lowest BCUT2D eigenvalue weighted by molar-refractivity contribution is -0.150. The molecule has 4 nitrogen and oxygen atoms in total. The highest BCUT2D eigenvalue weighted by molar-refractivity contribution is 5.77. The smallest absolute Gasteiger partial charge is 0.309 e. The van der Waals surface area contributed by atoms with Crippen LogP contribution in [0.2, 0.25) is 0 Å². The molecule has 0 saturated carbocycles. The summed E-state index contributed by atoms with van der Waals surface area (Å²) in [5.41, 5.74) is 3.17. The molecule has 0 saturated heterocycles. The number of allylic oxidation sites excluding steroid dienone is 2. The zero-order valence-electron chi connectivity index (χ0n) is 11.8. The number of benzene rings is 1. The molecule has 1 aliphatic carbocycles. The molecule has 0 radical (unpaired) electrons. The van der Waals surface area contributed by atoms with Crippen molar-refractivity contribution in [2.45, 2.75) is 25.9 Å². The van der Waals surface area contributed by atoms with Gasteiger partial charge in [-0.3, -0.25) is 9.89 Å². The maximum absolute atomic E-state index is 12.2. The van der Waals surface area contributed by atoms with Crippen LogP contribution in [0.3, 0.4) is 0 Å². The van der Waals surface area contributed by atoms with Crippen LogP contribution in [0.5, 0.6) is 0 Å². The first-order chi connectivity index (χ1) is 10.3. The van der Waals surface area contributed by atoms with Gasteiger partial charge in [0.15, 0.2) is 0 Å². The minimum atomic E-state index is -0.107. The highest BCUT2D eigenvalue weighted by Gasteiger charge is 2.25. The number of hydrogen-bond acceptors (Lipinski definition) is 3. The van der Waals surface area contributed by atoms with Crippen molar-refractivity contribution in [3.63, 3.8) is 0 Å². The Hall–Kier alpha value is -2.36. The molecule has 21 heavy (non-hydrogen) atoms. The molecule has 1 aromatic carbocycles. The quantitative estimate of drug-likeness (QED) is 0.875. The van der Waals surface area contributed by atoms with Crippen LogP contribution in [-0.2, 0) is 16.1 Å². The summed E-state index contributed by atoms with van der Waals surface area (Å²) in [6.45, 7) is 0.347. The molecule has 1 N–H and O–H groups in total. The third-order valence-corrected chi connectivity index (χ3v) is 3.78. The summed E-state index contributed by atoms with van der Waals surface area (Å²) in [7, 11) is 0. The fraction of sp³-hybridized carbons (Fsp3) is 0.294. The minimum Gasteiger partial charge on any atom is -0.461 e. The Morgan fingerprint density at radius 1 is 1.29 bits per heavy atom. The second-order valence-electron chi connectivity index (χ2n) is 5.27. The number of H-pyrrole nitrogens is 1. The molecular formula is C17H18N2O2. The van der Waals surface area contributed by atoms with Gasteiger partial charge >= 0.3 is 5.97 Å². The van der Waals surface area contributed by atoms with Gasteiger partial charge in [0, 0.05) is 6.20 Å². The van der Waals surface area contributed by atoms with E-state index in [4.69, 9.17) is 4.74 Å². The van der Waals surface area contributed by atoms with Crippen molar-refractivity contribution in [1.29, 1.82) is 0 Å². The molecule has 1 aromatic heterocycles. The van der Waals surface area contributed by atoms with Crippen LogP contribution in [0.1, 0.15) is 30.5 Å². The number of aromatic amines is 1. The molecular weight excluding hydrogens is 264 g/mol. The number of nitrogens with zero attached hydrogens (tertiary/aromatic N) is 1. The SMILES string of the molecule is O=C(OCc1ccccc1)C1CCC=C(c2ccn[nH]2)C1. The minimum absolute atomic E-state index is 0.0583. The lowest BCUT2D eigenvalue weighted by atomic mass is 9.87. The molecule has 0 amide bonds. The third kappa shape index (κ3) is 3.40. The Bertz CT molecular complexity index is 618. The number of nitrogens with one attached hydrogen (secondary N) is 1. The van der Waals surface area contributed by atoms with Crippen LogP contribution in [-0.4, -0.2) is 16.2 Å². The van der Waals surface area contributed by atoms with Gasteiger partial charge in [0.25, 0.3) is 0 Å². The molecule has 4 heteroatoms. The molecule has 108 valence electrons. The summed E-state index contributed by atoms with van der Waals surface area (Å²) < 4.78 is 5.44. The van der Waals surface area contributed by atoms with Gasteiger partial charge < -0.3 is 4.74 Å². The first-order valence-electron chi connectivity index (χ1n) is 7.22. The van der Waals surface area contributed by atoms with Gasteiger partial charge in [-0.1, -0.05) is 36.4 Å². The fourth-order valence-electron chi connectivity index (χ4n) is 2.61. The highest BCUT2D eigenvalue weighted by Crippen LogP contribution is 2.30. The lowest BCUT2D eigenvalue weighted by Gasteiger charge is -2.20. The van der Waals surface area contributed by atoms with Gasteiger partial charge in [-0.05, 0) is 36.5 Å². The van der Waals surface area contributed by atoms with Gasteiger partial charge in [-0.25, -0.2) is 0 Å². The number of aromatic nitrogens is 2. The fourth-order valence-corrected chi connectivity index (χ4v) is 2.61. The lowest BCUT2D eigenvalue weighted by Crippen LogP contribution is -2.20. The third-order valence-electron chi connectivity index (χ3n) is 3.78. The van der Waals surface area contributed by atoms with E-state index >= 15 is 0 Å². The van der Waals surface area contributed by atoms with E-state index < -0.39 is 0 Å². The number of carbonyl (C=O) groups excluding carboxylic acids is 1. The van der Waals surface area contributed by atoms with Gasteiger partial charge in [-0.2, -0.15) is 5.10 Å². The van der Waals surface area contributed by atoms with Crippen molar-refractivity contribution in [3.05, 3.63) is 59.9 Å². The second kappa shape index (κ2) is 6.39. The zero-order chi connectivity index (χ0) is 14.5. The molecule has 1 unspecified atom stereocenters. The van der Waals surface area contributed by atoms with E-state index in [0.29, 0.717) is 6.61 Å². The van der Waals surface area contributed by atoms with Crippen molar-refractivity contribution in [3.8, 4) is 0 Å². The van der Waals surface area contributed by atoms with Gasteiger partial charge in [0.1, 0.15) is 6.61 Å². The van der Waals surface area contributed by atoms with E-state index in [1.165, 1.54) is 0 Å². The van der Waals surface area contributed by atoms with E-state index in [9.17, 15) is 4.79 Å². The van der Waals surface area contributed by atoms with Gasteiger partial charge in [0.05, 0.1) is 11.6 Å². The number of carbonyl (C=O) groups is 1. The van der Waals surface area contributed by atoms with Crippen LogP contribution in [0.25, 0.3) is 5.57 Å². The topological polar surface area (TPSA) is 55.0 Å². The normalized spacial score (nSPS) is 18.1. The van der Waals surface area contributed by atoms with E-state index in [1.807, 2.05) is 36.4 Å². The highest BCUT2D eigenvalue weighted by atomic mass is 16.5. The number of ether oxygens (including phenoxy) is 1. The van der Waals surface area contributed by atoms with Crippen LogP contribution in [0.4, 0.5) is 0 Å². The summed E-state index contributed by atoms with van der Waals surface area (Å²) in [4.78, 5) is 12.2. The van der Waals surface area contributed by atoms with Crippen LogP contribution in [0, 0.1) is 5.92 Å². The molecule has 0 spiro atoms. The van der Waals surface area contributed by atoms with E-state index in [2.05, 4.69) is 16.3 Å². The summed E-state index contributed by atoms with van der Waals surface area (Å²) in [6, 6.07) is 11.7.